The SMILES string of the molecule is CCCCCCCCCCCCCCCCNc1ncnc(N2CCN(c3ccc(OC)cc3)CC2)c1[N+](=O)[O-]. The van der Waals surface area contributed by atoms with Crippen molar-refractivity contribution in [1.82, 2.24) is 9.97 Å². The van der Waals surface area contributed by atoms with Crippen LogP contribution in [0.4, 0.5) is 23.0 Å². The van der Waals surface area contributed by atoms with E-state index < -0.39 is 0 Å². The molecule has 9 nitrogen and oxygen atoms in total. The maximum absolute atomic E-state index is 12.0. The lowest BCUT2D eigenvalue weighted by molar-refractivity contribution is -0.383. The maximum atomic E-state index is 12.0. The Balaban J connectivity index is 1.34. The number of unbranched alkanes of at least 4 members (excludes halogenated alkanes) is 13. The number of rotatable bonds is 20. The van der Waals surface area contributed by atoms with Crippen LogP contribution >= 0.6 is 0 Å². The Hall–Kier alpha value is -3.10. The van der Waals surface area contributed by atoms with Gasteiger partial charge in [0.2, 0.25) is 11.6 Å². The van der Waals surface area contributed by atoms with Gasteiger partial charge in [0, 0.05) is 38.4 Å². The van der Waals surface area contributed by atoms with Crippen LogP contribution in [0.3, 0.4) is 0 Å². The molecule has 0 amide bonds. The van der Waals surface area contributed by atoms with Gasteiger partial charge in [-0.15, -0.1) is 0 Å². The third kappa shape index (κ3) is 10.5. The second kappa shape index (κ2) is 18.3. The van der Waals surface area contributed by atoms with Gasteiger partial charge in [-0.2, -0.15) is 0 Å². The third-order valence-electron chi connectivity index (χ3n) is 7.83. The van der Waals surface area contributed by atoms with E-state index in [2.05, 4.69) is 27.1 Å². The van der Waals surface area contributed by atoms with E-state index in [0.29, 0.717) is 31.3 Å². The lowest BCUT2D eigenvalue weighted by Crippen LogP contribution is -2.47. The number of piperazine rings is 1. The number of benzene rings is 1. The first-order valence-corrected chi connectivity index (χ1v) is 15.5. The van der Waals surface area contributed by atoms with Crippen molar-refractivity contribution < 1.29 is 9.66 Å². The van der Waals surface area contributed by atoms with Crippen molar-refractivity contribution in [1.29, 1.82) is 0 Å². The Bertz CT molecular complexity index is 980. The quantitative estimate of drug-likeness (QED) is 0.101. The lowest BCUT2D eigenvalue weighted by atomic mass is 10.0. The van der Waals surface area contributed by atoms with Crippen molar-refractivity contribution in [2.45, 2.75) is 96.8 Å². The number of aromatic nitrogens is 2. The number of methoxy groups -OCH3 is 1. The number of nitro groups is 1. The van der Waals surface area contributed by atoms with Crippen LogP contribution in [0.1, 0.15) is 96.8 Å². The molecule has 1 aliphatic heterocycles. The van der Waals surface area contributed by atoms with Gasteiger partial charge in [0.25, 0.3) is 0 Å². The average Bonchev–Trinajstić information content (AvgIpc) is 2.99. The zero-order valence-electron chi connectivity index (χ0n) is 24.8. The van der Waals surface area contributed by atoms with Gasteiger partial charge in [-0.05, 0) is 30.7 Å². The monoisotopic (exact) mass is 554 g/mol. The van der Waals surface area contributed by atoms with Gasteiger partial charge in [-0.3, -0.25) is 10.1 Å². The van der Waals surface area contributed by atoms with E-state index in [0.717, 1.165) is 37.4 Å². The Morgan fingerprint density at radius 2 is 1.32 bits per heavy atom. The maximum Gasteiger partial charge on any atom is 0.353 e. The summed E-state index contributed by atoms with van der Waals surface area (Å²) < 4.78 is 5.25. The zero-order chi connectivity index (χ0) is 28.4. The minimum Gasteiger partial charge on any atom is -0.497 e. The molecule has 0 bridgehead atoms. The van der Waals surface area contributed by atoms with Crippen LogP contribution in [-0.2, 0) is 0 Å². The average molecular weight is 555 g/mol. The van der Waals surface area contributed by atoms with E-state index in [9.17, 15) is 10.1 Å². The van der Waals surface area contributed by atoms with Crippen LogP contribution in [0.5, 0.6) is 5.75 Å². The Labute approximate surface area is 240 Å². The first-order valence-electron chi connectivity index (χ1n) is 15.5. The standard InChI is InChI=1S/C31H50N6O3/c1-3-4-5-6-7-8-9-10-11-12-13-14-15-16-21-32-30-29(37(38)39)31(34-26-33-30)36-24-22-35(23-25-36)27-17-19-28(40-2)20-18-27/h17-20,26H,3-16,21-25H2,1-2H3,(H,32,33,34). The molecule has 3 rings (SSSR count). The van der Waals surface area contributed by atoms with E-state index in [4.69, 9.17) is 4.74 Å². The number of nitrogens with one attached hydrogen (secondary N) is 1. The smallest absolute Gasteiger partial charge is 0.353 e. The molecular weight excluding hydrogens is 504 g/mol. The molecule has 222 valence electrons. The minimum atomic E-state index is -0.348. The van der Waals surface area contributed by atoms with Crippen LogP contribution in [-0.4, -0.2) is 54.7 Å². The van der Waals surface area contributed by atoms with Crippen molar-refractivity contribution in [2.75, 3.05) is 55.0 Å². The van der Waals surface area contributed by atoms with Gasteiger partial charge in [-0.25, -0.2) is 9.97 Å². The number of hydrogen-bond acceptors (Lipinski definition) is 8. The van der Waals surface area contributed by atoms with Crippen molar-refractivity contribution >= 4 is 23.0 Å². The van der Waals surface area contributed by atoms with Gasteiger partial charge >= 0.3 is 5.69 Å². The van der Waals surface area contributed by atoms with Crippen molar-refractivity contribution in [3.8, 4) is 5.75 Å². The lowest BCUT2D eigenvalue weighted by Gasteiger charge is -2.36. The highest BCUT2D eigenvalue weighted by Crippen LogP contribution is 2.33. The fourth-order valence-corrected chi connectivity index (χ4v) is 5.39. The van der Waals surface area contributed by atoms with E-state index in [1.165, 1.54) is 83.4 Å². The fourth-order valence-electron chi connectivity index (χ4n) is 5.39. The number of hydrogen-bond donors (Lipinski definition) is 1. The van der Waals surface area contributed by atoms with Crippen LogP contribution in [0.25, 0.3) is 0 Å². The molecule has 9 heteroatoms. The summed E-state index contributed by atoms with van der Waals surface area (Å²) in [4.78, 5) is 24.5. The van der Waals surface area contributed by atoms with Crippen LogP contribution in [0, 0.1) is 10.1 Å². The Morgan fingerprint density at radius 3 is 1.85 bits per heavy atom. The normalized spacial score (nSPS) is 13.4. The first-order chi connectivity index (χ1) is 19.6. The molecule has 1 N–H and O–H groups in total. The molecule has 0 aliphatic carbocycles. The van der Waals surface area contributed by atoms with E-state index >= 15 is 0 Å². The summed E-state index contributed by atoms with van der Waals surface area (Å²) in [6, 6.07) is 7.99. The second-order valence-electron chi connectivity index (χ2n) is 10.8. The highest BCUT2D eigenvalue weighted by atomic mass is 16.6. The molecule has 0 saturated carbocycles. The first kappa shape index (κ1) is 31.4. The third-order valence-corrected chi connectivity index (χ3v) is 7.83. The largest absolute Gasteiger partial charge is 0.497 e. The number of ether oxygens (including phenoxy) is 1. The summed E-state index contributed by atoms with van der Waals surface area (Å²) in [5.74, 6) is 1.55. The van der Waals surface area contributed by atoms with Crippen molar-refractivity contribution in [3.63, 3.8) is 0 Å². The summed E-state index contributed by atoms with van der Waals surface area (Å²) in [7, 11) is 1.66. The number of nitrogens with zero attached hydrogens (tertiary/aromatic N) is 5. The molecule has 40 heavy (non-hydrogen) atoms. The highest BCUT2D eigenvalue weighted by molar-refractivity contribution is 5.70. The zero-order valence-corrected chi connectivity index (χ0v) is 24.8. The molecule has 1 saturated heterocycles. The molecule has 1 fully saturated rings. The van der Waals surface area contributed by atoms with Crippen molar-refractivity contribution in [2.24, 2.45) is 0 Å². The molecule has 0 atom stereocenters. The summed E-state index contributed by atoms with van der Waals surface area (Å²) in [5.41, 5.74) is 1.10. The Kier molecular flexibility index (Phi) is 14.4. The van der Waals surface area contributed by atoms with Crippen LogP contribution < -0.4 is 19.9 Å². The fraction of sp³-hybridized carbons (Fsp3) is 0.677. The predicted octanol–water partition coefficient (Wildman–Crippen LogP) is 7.61. The molecule has 0 unspecified atom stereocenters. The van der Waals surface area contributed by atoms with Crippen LogP contribution in [0.15, 0.2) is 30.6 Å². The van der Waals surface area contributed by atoms with E-state index in [-0.39, 0.29) is 10.6 Å². The Morgan fingerprint density at radius 1 is 0.800 bits per heavy atom. The van der Waals surface area contributed by atoms with Crippen LogP contribution in [0.2, 0.25) is 0 Å². The van der Waals surface area contributed by atoms with Gasteiger partial charge in [-0.1, -0.05) is 90.4 Å². The summed E-state index contributed by atoms with van der Waals surface area (Å²) in [6.45, 7) is 5.78. The van der Waals surface area contributed by atoms with E-state index in [1.54, 1.807) is 7.11 Å². The van der Waals surface area contributed by atoms with Gasteiger partial charge in [0.15, 0.2) is 0 Å². The minimum absolute atomic E-state index is 0.0224. The molecule has 2 aromatic rings. The summed E-state index contributed by atoms with van der Waals surface area (Å²) in [5, 5.41) is 15.2. The van der Waals surface area contributed by atoms with E-state index in [1.807, 2.05) is 29.2 Å². The molecule has 1 aliphatic rings. The van der Waals surface area contributed by atoms with Gasteiger partial charge < -0.3 is 19.9 Å². The molecule has 0 spiro atoms. The van der Waals surface area contributed by atoms with Crippen molar-refractivity contribution in [3.05, 3.63) is 40.7 Å². The number of anilines is 3. The summed E-state index contributed by atoms with van der Waals surface area (Å²) in [6.07, 6.45) is 19.8. The topological polar surface area (TPSA) is 96.7 Å². The second-order valence-corrected chi connectivity index (χ2v) is 10.8. The highest BCUT2D eigenvalue weighted by Gasteiger charge is 2.29. The molecule has 1 aromatic carbocycles. The molecule has 1 aromatic heterocycles. The summed E-state index contributed by atoms with van der Waals surface area (Å²) >= 11 is 0. The van der Waals surface area contributed by atoms with Gasteiger partial charge in [0.1, 0.15) is 12.1 Å². The molecule has 2 heterocycles. The molecule has 0 radical (unpaired) electrons. The molecular formula is C31H50N6O3. The predicted molar refractivity (Wildman–Crippen MR) is 165 cm³/mol. The van der Waals surface area contributed by atoms with Gasteiger partial charge in [0.05, 0.1) is 12.0 Å².